The molecular formula is C22H21FN6O4. The van der Waals surface area contributed by atoms with Crippen molar-refractivity contribution >= 4 is 11.6 Å². The van der Waals surface area contributed by atoms with Crippen LogP contribution in [-0.4, -0.2) is 61.8 Å². The lowest BCUT2D eigenvalue weighted by atomic mass is 10.0. The first kappa shape index (κ1) is 20.9. The van der Waals surface area contributed by atoms with Gasteiger partial charge in [-0.1, -0.05) is 0 Å². The van der Waals surface area contributed by atoms with Gasteiger partial charge >= 0.3 is 0 Å². The Balaban J connectivity index is 1.68. The van der Waals surface area contributed by atoms with E-state index in [2.05, 4.69) is 20.5 Å². The Hall–Kier alpha value is -3.99. The first-order valence-electron chi connectivity index (χ1n) is 10.3. The molecule has 1 aliphatic rings. The Bertz CT molecular complexity index is 1360. The fraction of sp³-hybridized carbons (Fsp3) is 0.273. The summed E-state index contributed by atoms with van der Waals surface area (Å²) in [7, 11) is 3.26. The summed E-state index contributed by atoms with van der Waals surface area (Å²) in [5.41, 5.74) is 2.17. The Labute approximate surface area is 187 Å². The fourth-order valence-electron chi connectivity index (χ4n) is 3.78. The van der Waals surface area contributed by atoms with E-state index in [1.807, 2.05) is 13.2 Å². The van der Waals surface area contributed by atoms with E-state index in [1.165, 1.54) is 23.8 Å². The Morgan fingerprint density at radius 2 is 2.09 bits per heavy atom. The normalized spacial score (nSPS) is 15.8. The SMILES string of the molecule is CNC(=O)c1cc(O)c(F)c(-c2cnn3cc(-c4cnn(C)c4)c(O[C@H]4CCOC4)nc23)c1. The minimum atomic E-state index is -0.873. The summed E-state index contributed by atoms with van der Waals surface area (Å²) in [6.45, 7) is 1.05. The van der Waals surface area contributed by atoms with Crippen LogP contribution in [0.5, 0.6) is 11.6 Å². The van der Waals surface area contributed by atoms with Gasteiger partial charge in [0.1, 0.15) is 6.10 Å². The molecule has 170 valence electrons. The zero-order valence-corrected chi connectivity index (χ0v) is 17.9. The van der Waals surface area contributed by atoms with Crippen molar-refractivity contribution in [3.8, 4) is 33.9 Å². The van der Waals surface area contributed by atoms with E-state index >= 15 is 0 Å². The van der Waals surface area contributed by atoms with Gasteiger partial charge in [-0.05, 0) is 12.1 Å². The van der Waals surface area contributed by atoms with Gasteiger partial charge in [0, 0.05) is 55.2 Å². The number of benzene rings is 1. The van der Waals surface area contributed by atoms with Gasteiger partial charge in [-0.15, -0.1) is 0 Å². The Morgan fingerprint density at radius 3 is 2.79 bits per heavy atom. The number of hydrogen-bond donors (Lipinski definition) is 2. The largest absolute Gasteiger partial charge is 0.505 e. The first-order chi connectivity index (χ1) is 15.9. The molecule has 5 rings (SSSR count). The van der Waals surface area contributed by atoms with Crippen LogP contribution in [0.2, 0.25) is 0 Å². The zero-order valence-electron chi connectivity index (χ0n) is 17.9. The van der Waals surface area contributed by atoms with Gasteiger partial charge in [0.25, 0.3) is 5.91 Å². The minimum Gasteiger partial charge on any atom is -0.505 e. The maximum Gasteiger partial charge on any atom is 0.251 e. The van der Waals surface area contributed by atoms with Crippen molar-refractivity contribution in [3.05, 3.63) is 48.3 Å². The summed E-state index contributed by atoms with van der Waals surface area (Å²) >= 11 is 0. The lowest BCUT2D eigenvalue weighted by molar-refractivity contribution is 0.0962. The summed E-state index contributed by atoms with van der Waals surface area (Å²) in [5.74, 6) is -1.64. The molecular weight excluding hydrogens is 431 g/mol. The molecule has 1 atom stereocenters. The molecule has 0 unspecified atom stereocenters. The molecule has 1 aliphatic heterocycles. The zero-order chi connectivity index (χ0) is 23.1. The van der Waals surface area contributed by atoms with Crippen LogP contribution in [0, 0.1) is 5.82 Å². The lowest BCUT2D eigenvalue weighted by Gasteiger charge is -2.15. The number of aromatic hydroxyl groups is 1. The van der Waals surface area contributed by atoms with Crippen molar-refractivity contribution in [1.82, 2.24) is 29.7 Å². The molecule has 1 saturated heterocycles. The predicted molar refractivity (Wildman–Crippen MR) is 115 cm³/mol. The smallest absolute Gasteiger partial charge is 0.251 e. The van der Waals surface area contributed by atoms with Crippen molar-refractivity contribution in [2.75, 3.05) is 20.3 Å². The number of nitrogens with one attached hydrogen (secondary N) is 1. The van der Waals surface area contributed by atoms with E-state index in [1.54, 1.807) is 17.1 Å². The molecule has 2 N–H and O–H groups in total. The van der Waals surface area contributed by atoms with E-state index in [4.69, 9.17) is 9.47 Å². The molecule has 11 heteroatoms. The molecule has 1 fully saturated rings. The summed E-state index contributed by atoms with van der Waals surface area (Å²) < 4.78 is 29.6. The highest BCUT2D eigenvalue weighted by Gasteiger charge is 2.24. The molecule has 33 heavy (non-hydrogen) atoms. The van der Waals surface area contributed by atoms with E-state index in [0.29, 0.717) is 35.9 Å². The first-order valence-corrected chi connectivity index (χ1v) is 10.3. The Morgan fingerprint density at radius 1 is 1.24 bits per heavy atom. The number of carbonyl (C=O) groups excluding carboxylic acids is 1. The second-order valence-electron chi connectivity index (χ2n) is 7.73. The number of rotatable bonds is 5. The fourth-order valence-corrected chi connectivity index (χ4v) is 3.78. The van der Waals surface area contributed by atoms with Gasteiger partial charge in [-0.2, -0.15) is 15.2 Å². The number of carbonyl (C=O) groups is 1. The summed E-state index contributed by atoms with van der Waals surface area (Å²) in [4.78, 5) is 16.8. The number of phenols is 1. The highest BCUT2D eigenvalue weighted by molar-refractivity contribution is 5.96. The average Bonchev–Trinajstić information content (AvgIpc) is 3.56. The highest BCUT2D eigenvalue weighted by atomic mass is 19.1. The average molecular weight is 452 g/mol. The molecule has 3 aromatic heterocycles. The molecule has 1 amide bonds. The number of halogens is 1. The van der Waals surface area contributed by atoms with Crippen molar-refractivity contribution in [2.24, 2.45) is 7.05 Å². The van der Waals surface area contributed by atoms with Crippen LogP contribution in [0.25, 0.3) is 27.9 Å². The molecule has 4 heterocycles. The third-order valence-corrected chi connectivity index (χ3v) is 5.47. The number of nitrogens with zero attached hydrogens (tertiary/aromatic N) is 5. The standard InChI is InChI=1S/C22H21FN6O4/c1-24-21(31)12-5-15(19(23)18(30)6-12)16-8-26-29-10-17(13-7-25-28(2)9-13)22(27-20(16)29)33-14-3-4-32-11-14/h5-10,14,30H,3-4,11H2,1-2H3,(H,24,31)/t14-/m0/s1. The van der Waals surface area contributed by atoms with Crippen molar-refractivity contribution < 1.29 is 23.8 Å². The molecule has 4 aromatic rings. The van der Waals surface area contributed by atoms with Crippen LogP contribution in [0.1, 0.15) is 16.8 Å². The molecule has 0 bridgehead atoms. The van der Waals surface area contributed by atoms with E-state index in [-0.39, 0.29) is 17.2 Å². The maximum atomic E-state index is 14.9. The number of ether oxygens (including phenoxy) is 2. The monoisotopic (exact) mass is 452 g/mol. The van der Waals surface area contributed by atoms with Crippen LogP contribution in [-0.2, 0) is 11.8 Å². The van der Waals surface area contributed by atoms with E-state index in [0.717, 1.165) is 18.1 Å². The number of hydrogen-bond acceptors (Lipinski definition) is 7. The molecule has 0 spiro atoms. The lowest BCUT2D eigenvalue weighted by Crippen LogP contribution is -2.18. The van der Waals surface area contributed by atoms with E-state index < -0.39 is 17.5 Å². The second-order valence-corrected chi connectivity index (χ2v) is 7.73. The summed E-state index contributed by atoms with van der Waals surface area (Å²) in [6, 6.07) is 2.43. The van der Waals surface area contributed by atoms with Gasteiger partial charge in [0.15, 0.2) is 17.2 Å². The van der Waals surface area contributed by atoms with Gasteiger partial charge in [0.05, 0.1) is 31.2 Å². The highest BCUT2D eigenvalue weighted by Crippen LogP contribution is 2.36. The second kappa shape index (κ2) is 8.17. The molecule has 1 aromatic carbocycles. The molecule has 0 saturated carbocycles. The van der Waals surface area contributed by atoms with Crippen LogP contribution in [0.4, 0.5) is 4.39 Å². The van der Waals surface area contributed by atoms with Gasteiger partial charge < -0.3 is 19.9 Å². The van der Waals surface area contributed by atoms with Crippen molar-refractivity contribution in [1.29, 1.82) is 0 Å². The van der Waals surface area contributed by atoms with Crippen LogP contribution in [0.3, 0.4) is 0 Å². The number of phenolic OH excluding ortho intramolecular Hbond substituents is 1. The van der Waals surface area contributed by atoms with Crippen LogP contribution < -0.4 is 10.1 Å². The van der Waals surface area contributed by atoms with Crippen molar-refractivity contribution in [2.45, 2.75) is 12.5 Å². The summed E-state index contributed by atoms with van der Waals surface area (Å²) in [5, 5.41) is 21.1. The Kier molecular flexibility index (Phi) is 5.17. The number of aryl methyl sites for hydroxylation is 1. The van der Waals surface area contributed by atoms with Crippen LogP contribution in [0.15, 0.2) is 36.9 Å². The summed E-state index contributed by atoms with van der Waals surface area (Å²) in [6.07, 6.45) is 7.24. The number of aromatic nitrogens is 5. The van der Waals surface area contributed by atoms with Crippen molar-refractivity contribution in [3.63, 3.8) is 0 Å². The molecule has 10 nitrogen and oxygen atoms in total. The minimum absolute atomic E-state index is 0.000350. The maximum absolute atomic E-state index is 14.9. The quantitative estimate of drug-likeness (QED) is 0.477. The van der Waals surface area contributed by atoms with Gasteiger partial charge in [-0.3, -0.25) is 9.48 Å². The molecule has 0 radical (unpaired) electrons. The molecule has 0 aliphatic carbocycles. The third kappa shape index (κ3) is 3.76. The third-order valence-electron chi connectivity index (χ3n) is 5.47. The van der Waals surface area contributed by atoms with Gasteiger partial charge in [0.2, 0.25) is 5.88 Å². The predicted octanol–water partition coefficient (Wildman–Crippen LogP) is 2.17. The van der Waals surface area contributed by atoms with Gasteiger partial charge in [-0.25, -0.2) is 8.91 Å². The van der Waals surface area contributed by atoms with Crippen LogP contribution >= 0.6 is 0 Å². The topological polar surface area (TPSA) is 116 Å². The number of fused-ring (bicyclic) bond motifs is 1. The van der Waals surface area contributed by atoms with E-state index in [9.17, 15) is 14.3 Å². The number of amides is 1.